The summed E-state index contributed by atoms with van der Waals surface area (Å²) in [5.74, 6) is 0.543. The smallest absolute Gasteiger partial charge is 0.251 e. The molecule has 1 N–H and O–H groups in total. The molecule has 1 aliphatic rings. The normalized spacial score (nSPS) is 16.9. The van der Waals surface area contributed by atoms with E-state index in [1.165, 1.54) is 5.56 Å². The molecular formula is C14H18BrNO. The molecule has 0 saturated heterocycles. The van der Waals surface area contributed by atoms with Crippen molar-refractivity contribution in [1.82, 2.24) is 5.32 Å². The van der Waals surface area contributed by atoms with Crippen LogP contribution in [0.4, 0.5) is 0 Å². The Bertz CT molecular complexity index is 407. The molecule has 2 nitrogen and oxygen atoms in total. The van der Waals surface area contributed by atoms with Gasteiger partial charge in [0.05, 0.1) is 5.54 Å². The van der Waals surface area contributed by atoms with Crippen LogP contribution in [0.3, 0.4) is 0 Å². The van der Waals surface area contributed by atoms with Gasteiger partial charge in [0, 0.05) is 10.9 Å². The Balaban J connectivity index is 2.04. The van der Waals surface area contributed by atoms with E-state index in [1.807, 2.05) is 24.3 Å². The molecule has 1 aliphatic carbocycles. The number of hydrogen-bond donors (Lipinski definition) is 1. The van der Waals surface area contributed by atoms with Crippen LogP contribution < -0.4 is 5.32 Å². The molecule has 17 heavy (non-hydrogen) atoms. The second kappa shape index (κ2) is 4.81. The highest BCUT2D eigenvalue weighted by atomic mass is 79.9. The average Bonchev–Trinajstić information content (AvgIpc) is 3.09. The number of halogens is 1. The summed E-state index contributed by atoms with van der Waals surface area (Å²) in [6.45, 7) is 4.30. The summed E-state index contributed by atoms with van der Waals surface area (Å²) < 4.78 is 0. The molecule has 1 fully saturated rings. The van der Waals surface area contributed by atoms with E-state index in [4.69, 9.17) is 0 Å². The van der Waals surface area contributed by atoms with E-state index >= 15 is 0 Å². The zero-order valence-electron chi connectivity index (χ0n) is 10.3. The molecule has 1 amide bonds. The number of rotatable bonds is 4. The second-order valence-corrected chi connectivity index (χ2v) is 5.71. The number of nitrogens with one attached hydrogen (secondary N) is 1. The molecular weight excluding hydrogens is 278 g/mol. The van der Waals surface area contributed by atoms with E-state index < -0.39 is 0 Å². The molecule has 0 unspecified atom stereocenters. The van der Waals surface area contributed by atoms with Crippen LogP contribution in [0.25, 0.3) is 0 Å². The summed E-state index contributed by atoms with van der Waals surface area (Å²) in [5, 5.41) is 3.94. The van der Waals surface area contributed by atoms with E-state index in [0.29, 0.717) is 5.92 Å². The van der Waals surface area contributed by atoms with Crippen LogP contribution >= 0.6 is 15.9 Å². The average molecular weight is 296 g/mol. The minimum absolute atomic E-state index is 0.0216. The molecule has 0 radical (unpaired) electrons. The first-order chi connectivity index (χ1) is 8.06. The largest absolute Gasteiger partial charge is 0.346 e. The lowest BCUT2D eigenvalue weighted by Crippen LogP contribution is -2.38. The summed E-state index contributed by atoms with van der Waals surface area (Å²) in [7, 11) is 0. The van der Waals surface area contributed by atoms with Crippen molar-refractivity contribution in [3.63, 3.8) is 0 Å². The van der Waals surface area contributed by atoms with Crippen LogP contribution in [-0.4, -0.2) is 16.8 Å². The summed E-state index contributed by atoms with van der Waals surface area (Å²) in [6.07, 6.45) is 2.15. The van der Waals surface area contributed by atoms with Gasteiger partial charge < -0.3 is 5.32 Å². The van der Waals surface area contributed by atoms with Gasteiger partial charge in [-0.3, -0.25) is 4.79 Å². The number of hydrogen-bond acceptors (Lipinski definition) is 1. The zero-order chi connectivity index (χ0) is 12.5. The molecule has 92 valence electrons. The summed E-state index contributed by atoms with van der Waals surface area (Å²) in [5.41, 5.74) is 2.04. The van der Waals surface area contributed by atoms with Crippen LogP contribution in [0, 0.1) is 0 Å². The molecule has 0 aliphatic heterocycles. The Morgan fingerprint density at radius 2 is 1.94 bits per heavy atom. The lowest BCUT2D eigenvalue weighted by molar-refractivity contribution is 0.0936. The van der Waals surface area contributed by atoms with Gasteiger partial charge in [0.1, 0.15) is 0 Å². The first kappa shape index (κ1) is 12.6. The van der Waals surface area contributed by atoms with E-state index in [9.17, 15) is 4.79 Å². The van der Waals surface area contributed by atoms with Gasteiger partial charge in [0.15, 0.2) is 0 Å². The van der Waals surface area contributed by atoms with Gasteiger partial charge in [0.2, 0.25) is 0 Å². The number of amides is 1. The second-order valence-electron chi connectivity index (χ2n) is 5.14. The Morgan fingerprint density at radius 1 is 1.35 bits per heavy atom. The minimum Gasteiger partial charge on any atom is -0.346 e. The fourth-order valence-electron chi connectivity index (χ4n) is 1.78. The first-order valence-electron chi connectivity index (χ1n) is 6.05. The van der Waals surface area contributed by atoms with Gasteiger partial charge >= 0.3 is 0 Å². The van der Waals surface area contributed by atoms with Crippen LogP contribution in [0.15, 0.2) is 24.3 Å². The molecule has 0 atom stereocenters. The van der Waals surface area contributed by atoms with Gasteiger partial charge in [-0.1, -0.05) is 41.9 Å². The van der Waals surface area contributed by atoms with Crippen molar-refractivity contribution >= 4 is 21.8 Å². The quantitative estimate of drug-likeness (QED) is 0.847. The van der Waals surface area contributed by atoms with Gasteiger partial charge in [-0.05, 0) is 36.5 Å². The standard InChI is InChI=1S/C14H18BrNO/c1-10(2)11-3-5-12(6-4-11)13(17)16-14(9-15)7-8-14/h3-6,10H,7-9H2,1-2H3,(H,16,17). The number of carbonyl (C=O) groups excluding carboxylic acids is 1. The third kappa shape index (κ3) is 2.89. The maximum atomic E-state index is 12.0. The summed E-state index contributed by atoms with van der Waals surface area (Å²) in [4.78, 5) is 12.0. The Labute approximate surface area is 111 Å². The molecule has 0 bridgehead atoms. The zero-order valence-corrected chi connectivity index (χ0v) is 11.9. The molecule has 0 aromatic heterocycles. The van der Waals surface area contributed by atoms with E-state index in [0.717, 1.165) is 23.7 Å². The van der Waals surface area contributed by atoms with Gasteiger partial charge in [-0.15, -0.1) is 0 Å². The van der Waals surface area contributed by atoms with Crippen molar-refractivity contribution < 1.29 is 4.79 Å². The van der Waals surface area contributed by atoms with Crippen molar-refractivity contribution in [3.05, 3.63) is 35.4 Å². The third-order valence-electron chi connectivity index (χ3n) is 3.33. The van der Waals surface area contributed by atoms with Crippen molar-refractivity contribution in [3.8, 4) is 0 Å². The van der Waals surface area contributed by atoms with Crippen LogP contribution in [-0.2, 0) is 0 Å². The Hall–Kier alpha value is -0.830. The van der Waals surface area contributed by atoms with E-state index in [1.54, 1.807) is 0 Å². The molecule has 0 heterocycles. The lowest BCUT2D eigenvalue weighted by atomic mass is 10.0. The van der Waals surface area contributed by atoms with E-state index in [-0.39, 0.29) is 11.4 Å². The van der Waals surface area contributed by atoms with Crippen molar-refractivity contribution in [2.75, 3.05) is 5.33 Å². The monoisotopic (exact) mass is 295 g/mol. The predicted octanol–water partition coefficient (Wildman–Crippen LogP) is 3.47. The lowest BCUT2D eigenvalue weighted by Gasteiger charge is -2.14. The molecule has 3 heteroatoms. The molecule has 1 saturated carbocycles. The molecule has 0 spiro atoms. The number of benzene rings is 1. The maximum Gasteiger partial charge on any atom is 0.251 e. The third-order valence-corrected chi connectivity index (χ3v) is 4.40. The van der Waals surface area contributed by atoms with Crippen LogP contribution in [0.2, 0.25) is 0 Å². The Morgan fingerprint density at radius 3 is 2.35 bits per heavy atom. The van der Waals surface area contributed by atoms with Gasteiger partial charge in [-0.25, -0.2) is 0 Å². The SMILES string of the molecule is CC(C)c1ccc(C(=O)NC2(CBr)CC2)cc1. The number of carbonyl (C=O) groups is 1. The Kier molecular flexibility index (Phi) is 3.57. The fraction of sp³-hybridized carbons (Fsp3) is 0.500. The topological polar surface area (TPSA) is 29.1 Å². The molecule has 1 aromatic rings. The van der Waals surface area contributed by atoms with Crippen molar-refractivity contribution in [2.24, 2.45) is 0 Å². The highest BCUT2D eigenvalue weighted by Gasteiger charge is 2.42. The first-order valence-corrected chi connectivity index (χ1v) is 7.17. The highest BCUT2D eigenvalue weighted by molar-refractivity contribution is 9.09. The minimum atomic E-state index is 0.0216. The fourth-order valence-corrected chi connectivity index (χ4v) is 2.48. The predicted molar refractivity (Wildman–Crippen MR) is 73.8 cm³/mol. The maximum absolute atomic E-state index is 12.0. The van der Waals surface area contributed by atoms with Crippen LogP contribution in [0.1, 0.15) is 48.5 Å². The highest BCUT2D eigenvalue weighted by Crippen LogP contribution is 2.37. The van der Waals surface area contributed by atoms with Crippen LogP contribution in [0.5, 0.6) is 0 Å². The van der Waals surface area contributed by atoms with Crippen molar-refractivity contribution in [1.29, 1.82) is 0 Å². The number of alkyl halides is 1. The van der Waals surface area contributed by atoms with E-state index in [2.05, 4.69) is 35.1 Å². The molecule has 1 aromatic carbocycles. The molecule has 2 rings (SSSR count). The van der Waals surface area contributed by atoms with Gasteiger partial charge in [0.25, 0.3) is 5.91 Å². The summed E-state index contributed by atoms with van der Waals surface area (Å²) >= 11 is 3.45. The van der Waals surface area contributed by atoms with Gasteiger partial charge in [-0.2, -0.15) is 0 Å². The van der Waals surface area contributed by atoms with Crippen molar-refractivity contribution in [2.45, 2.75) is 38.1 Å². The summed E-state index contributed by atoms with van der Waals surface area (Å²) in [6, 6.07) is 7.89.